The number of carbonyl (C=O) groups is 3. The molecule has 8 heteroatoms. The molecule has 0 amide bonds. The number of carbonyl (C=O) groups excluding carboxylic acids is 1. The second-order valence-corrected chi connectivity index (χ2v) is 7.66. The highest BCUT2D eigenvalue weighted by Gasteiger charge is 2.51. The molecule has 1 saturated heterocycles. The highest BCUT2D eigenvalue weighted by Crippen LogP contribution is 2.44. The molecule has 0 aromatic heterocycles. The first-order valence-corrected chi connectivity index (χ1v) is 9.87. The van der Waals surface area contributed by atoms with Crippen LogP contribution in [0.25, 0.3) is 0 Å². The maximum atomic E-state index is 12.1. The number of hydrogen-bond acceptors (Lipinski definition) is 5. The maximum Gasteiger partial charge on any atom is 0.338 e. The van der Waals surface area contributed by atoms with Gasteiger partial charge in [0.15, 0.2) is 0 Å². The minimum Gasteiger partial charge on any atom is -0.481 e. The molecule has 0 bridgehead atoms. The number of hydrogen-bond donors (Lipinski definition) is 3. The number of esters is 1. The van der Waals surface area contributed by atoms with E-state index in [0.717, 1.165) is 4.47 Å². The second-order valence-electron chi connectivity index (χ2n) is 6.74. The van der Waals surface area contributed by atoms with Crippen molar-refractivity contribution in [1.29, 1.82) is 0 Å². The van der Waals surface area contributed by atoms with Gasteiger partial charge >= 0.3 is 17.9 Å². The quantitative estimate of drug-likeness (QED) is 0.565. The average molecular weight is 462 g/mol. The Hall–Kier alpha value is -2.71. The van der Waals surface area contributed by atoms with Crippen molar-refractivity contribution in [1.82, 2.24) is 5.32 Å². The molecule has 2 aromatic rings. The SMILES string of the molecule is CCOC(=O)c1ccc(C2C(C(=O)O)NC(c3ccc(Br)cc3)C2C(=O)O)cc1. The summed E-state index contributed by atoms with van der Waals surface area (Å²) in [5.41, 5.74) is 1.55. The summed E-state index contributed by atoms with van der Waals surface area (Å²) in [6, 6.07) is 11.6. The Morgan fingerprint density at radius 3 is 2.07 bits per heavy atom. The largest absolute Gasteiger partial charge is 0.481 e. The Kier molecular flexibility index (Phi) is 6.34. The van der Waals surface area contributed by atoms with Crippen LogP contribution in [0, 0.1) is 5.92 Å². The van der Waals surface area contributed by atoms with Gasteiger partial charge in [0.05, 0.1) is 18.1 Å². The van der Waals surface area contributed by atoms with E-state index in [-0.39, 0.29) is 6.61 Å². The third-order valence-electron chi connectivity index (χ3n) is 5.05. The van der Waals surface area contributed by atoms with Gasteiger partial charge in [0.25, 0.3) is 0 Å². The van der Waals surface area contributed by atoms with Crippen molar-refractivity contribution in [2.75, 3.05) is 6.61 Å². The van der Waals surface area contributed by atoms with Gasteiger partial charge in [-0.3, -0.25) is 14.9 Å². The summed E-state index contributed by atoms with van der Waals surface area (Å²) in [6.45, 7) is 1.94. The monoisotopic (exact) mass is 461 g/mol. The van der Waals surface area contributed by atoms with Gasteiger partial charge < -0.3 is 14.9 Å². The first-order chi connectivity index (χ1) is 13.8. The van der Waals surface area contributed by atoms with E-state index in [1.165, 1.54) is 12.1 Å². The number of carboxylic acid groups (broad SMARTS) is 2. The lowest BCUT2D eigenvalue weighted by atomic mass is 9.80. The van der Waals surface area contributed by atoms with Gasteiger partial charge in [-0.15, -0.1) is 0 Å². The molecule has 4 unspecified atom stereocenters. The predicted molar refractivity (Wildman–Crippen MR) is 108 cm³/mol. The molecule has 1 aliphatic rings. The molecule has 3 N–H and O–H groups in total. The van der Waals surface area contributed by atoms with E-state index >= 15 is 0 Å². The van der Waals surface area contributed by atoms with Crippen molar-refractivity contribution in [2.24, 2.45) is 5.92 Å². The number of halogens is 1. The van der Waals surface area contributed by atoms with Crippen LogP contribution < -0.4 is 5.32 Å². The van der Waals surface area contributed by atoms with Crippen LogP contribution in [0.5, 0.6) is 0 Å². The fourth-order valence-corrected chi connectivity index (χ4v) is 4.03. The van der Waals surface area contributed by atoms with Crippen molar-refractivity contribution < 1.29 is 29.3 Å². The molecule has 29 heavy (non-hydrogen) atoms. The molecule has 1 aliphatic heterocycles. The lowest BCUT2D eigenvalue weighted by molar-refractivity contribution is -0.143. The van der Waals surface area contributed by atoms with Crippen LogP contribution in [0.2, 0.25) is 0 Å². The molecule has 4 atom stereocenters. The van der Waals surface area contributed by atoms with Crippen molar-refractivity contribution in [3.05, 3.63) is 69.7 Å². The van der Waals surface area contributed by atoms with Crippen LogP contribution in [0.15, 0.2) is 53.0 Å². The lowest BCUT2D eigenvalue weighted by Crippen LogP contribution is -2.35. The van der Waals surface area contributed by atoms with Gasteiger partial charge in [0.2, 0.25) is 0 Å². The fourth-order valence-electron chi connectivity index (χ4n) is 3.77. The number of carboxylic acids is 2. The zero-order valence-electron chi connectivity index (χ0n) is 15.5. The molecule has 1 heterocycles. The zero-order valence-corrected chi connectivity index (χ0v) is 17.1. The summed E-state index contributed by atoms with van der Waals surface area (Å²) < 4.78 is 5.79. The minimum atomic E-state index is -1.13. The van der Waals surface area contributed by atoms with Gasteiger partial charge in [-0.05, 0) is 42.3 Å². The Balaban J connectivity index is 1.99. The number of rotatable bonds is 6. The predicted octanol–water partition coefficient (Wildman–Crippen LogP) is 3.21. The summed E-state index contributed by atoms with van der Waals surface area (Å²) in [7, 11) is 0. The normalized spacial score (nSPS) is 23.5. The highest BCUT2D eigenvalue weighted by atomic mass is 79.9. The number of benzene rings is 2. The number of ether oxygens (including phenoxy) is 1. The Labute approximate surface area is 175 Å². The average Bonchev–Trinajstić information content (AvgIpc) is 3.10. The fraction of sp³-hybridized carbons (Fsp3) is 0.286. The van der Waals surface area contributed by atoms with Crippen LogP contribution in [0.1, 0.15) is 40.4 Å². The van der Waals surface area contributed by atoms with Crippen LogP contribution in [-0.4, -0.2) is 40.8 Å². The zero-order chi connectivity index (χ0) is 21.1. The first-order valence-electron chi connectivity index (χ1n) is 9.07. The van der Waals surface area contributed by atoms with Crippen LogP contribution in [0.3, 0.4) is 0 Å². The van der Waals surface area contributed by atoms with E-state index in [2.05, 4.69) is 21.2 Å². The third-order valence-corrected chi connectivity index (χ3v) is 5.58. The van der Waals surface area contributed by atoms with E-state index in [1.807, 2.05) is 0 Å². The molecule has 2 aromatic carbocycles. The van der Waals surface area contributed by atoms with Gasteiger partial charge in [0, 0.05) is 16.4 Å². The van der Waals surface area contributed by atoms with Gasteiger partial charge in [0.1, 0.15) is 6.04 Å². The first kappa shape index (κ1) is 21.0. The summed E-state index contributed by atoms with van der Waals surface area (Å²) >= 11 is 3.34. The number of nitrogens with one attached hydrogen (secondary N) is 1. The highest BCUT2D eigenvalue weighted by molar-refractivity contribution is 9.10. The molecule has 0 radical (unpaired) electrons. The van der Waals surface area contributed by atoms with Crippen molar-refractivity contribution in [3.63, 3.8) is 0 Å². The van der Waals surface area contributed by atoms with Gasteiger partial charge in [-0.25, -0.2) is 4.79 Å². The Morgan fingerprint density at radius 1 is 0.966 bits per heavy atom. The Morgan fingerprint density at radius 2 is 1.55 bits per heavy atom. The van der Waals surface area contributed by atoms with E-state index in [9.17, 15) is 24.6 Å². The van der Waals surface area contributed by atoms with E-state index in [4.69, 9.17) is 4.74 Å². The molecule has 1 fully saturated rings. The summed E-state index contributed by atoms with van der Waals surface area (Å²) in [6.07, 6.45) is 0. The summed E-state index contributed by atoms with van der Waals surface area (Å²) in [4.78, 5) is 35.9. The van der Waals surface area contributed by atoms with Crippen LogP contribution in [-0.2, 0) is 14.3 Å². The van der Waals surface area contributed by atoms with Crippen molar-refractivity contribution in [2.45, 2.75) is 24.9 Å². The molecule has 0 aliphatic carbocycles. The van der Waals surface area contributed by atoms with Gasteiger partial charge in [-0.1, -0.05) is 40.2 Å². The molecule has 0 spiro atoms. The minimum absolute atomic E-state index is 0.240. The van der Waals surface area contributed by atoms with Crippen LogP contribution in [0.4, 0.5) is 0 Å². The third kappa shape index (κ3) is 4.33. The number of aliphatic carboxylic acids is 2. The van der Waals surface area contributed by atoms with E-state index < -0.39 is 41.8 Å². The Bertz CT molecular complexity index is 912. The lowest BCUT2D eigenvalue weighted by Gasteiger charge is -2.22. The standard InChI is InChI=1S/C21H20BrNO6/c1-2-29-21(28)13-5-3-11(4-6-13)15-16(19(24)25)17(23-18(15)20(26)27)12-7-9-14(22)10-8-12/h3-10,15-18,23H,2H2,1H3,(H,24,25)(H,26,27). The van der Waals surface area contributed by atoms with E-state index in [0.29, 0.717) is 16.7 Å². The molecular weight excluding hydrogens is 442 g/mol. The van der Waals surface area contributed by atoms with Crippen molar-refractivity contribution >= 4 is 33.8 Å². The molecular formula is C21H20BrNO6. The van der Waals surface area contributed by atoms with Crippen LogP contribution >= 0.6 is 15.9 Å². The maximum absolute atomic E-state index is 12.1. The second kappa shape index (κ2) is 8.75. The van der Waals surface area contributed by atoms with Gasteiger partial charge in [-0.2, -0.15) is 0 Å². The molecule has 3 rings (SSSR count). The summed E-state index contributed by atoms with van der Waals surface area (Å²) in [5.74, 6) is -4.51. The van der Waals surface area contributed by atoms with Crippen molar-refractivity contribution in [3.8, 4) is 0 Å². The molecule has 0 saturated carbocycles. The molecule has 152 valence electrons. The van der Waals surface area contributed by atoms with E-state index in [1.54, 1.807) is 43.3 Å². The smallest absolute Gasteiger partial charge is 0.338 e. The molecule has 7 nitrogen and oxygen atoms in total. The topological polar surface area (TPSA) is 113 Å². The summed E-state index contributed by atoms with van der Waals surface area (Å²) in [5, 5.41) is 22.6.